The van der Waals surface area contributed by atoms with Gasteiger partial charge in [-0.15, -0.1) is 10.2 Å². The highest BCUT2D eigenvalue weighted by atomic mass is 16.3. The molecule has 1 aromatic heterocycles. The number of aliphatic hydroxyl groups is 1. The molecule has 0 aliphatic rings. The maximum absolute atomic E-state index is 8.80. The SMILES string of the molecule is C[C@H](O)Cc1nn[nH]n1. The van der Waals surface area contributed by atoms with E-state index in [1.165, 1.54) is 0 Å². The molecule has 0 amide bonds. The molecule has 0 radical (unpaired) electrons. The van der Waals surface area contributed by atoms with Crippen LogP contribution in [-0.4, -0.2) is 31.8 Å². The van der Waals surface area contributed by atoms with Crippen LogP contribution in [0, 0.1) is 0 Å². The zero-order valence-corrected chi connectivity index (χ0v) is 5.07. The summed E-state index contributed by atoms with van der Waals surface area (Å²) in [4.78, 5) is 0. The summed E-state index contributed by atoms with van der Waals surface area (Å²) in [5, 5.41) is 21.7. The zero-order chi connectivity index (χ0) is 6.69. The van der Waals surface area contributed by atoms with Gasteiger partial charge in [-0.2, -0.15) is 5.21 Å². The molecule has 1 heterocycles. The number of aromatic amines is 1. The first-order chi connectivity index (χ1) is 4.29. The molecule has 2 N–H and O–H groups in total. The van der Waals surface area contributed by atoms with Gasteiger partial charge < -0.3 is 5.11 Å². The second-order valence-corrected chi connectivity index (χ2v) is 1.88. The molecule has 5 nitrogen and oxygen atoms in total. The van der Waals surface area contributed by atoms with E-state index in [4.69, 9.17) is 5.11 Å². The molecule has 0 aliphatic heterocycles. The van der Waals surface area contributed by atoms with Crippen molar-refractivity contribution in [2.75, 3.05) is 0 Å². The summed E-state index contributed by atoms with van der Waals surface area (Å²) in [5.74, 6) is 0.546. The Kier molecular flexibility index (Phi) is 1.74. The first kappa shape index (κ1) is 6.15. The van der Waals surface area contributed by atoms with Crippen LogP contribution in [0.25, 0.3) is 0 Å². The van der Waals surface area contributed by atoms with E-state index >= 15 is 0 Å². The summed E-state index contributed by atoms with van der Waals surface area (Å²) >= 11 is 0. The van der Waals surface area contributed by atoms with Gasteiger partial charge in [-0.1, -0.05) is 5.21 Å². The van der Waals surface area contributed by atoms with Gasteiger partial charge in [0.2, 0.25) is 0 Å². The fraction of sp³-hybridized carbons (Fsp3) is 0.750. The number of hydrogen-bond acceptors (Lipinski definition) is 4. The minimum Gasteiger partial charge on any atom is -0.393 e. The van der Waals surface area contributed by atoms with Crippen molar-refractivity contribution in [2.45, 2.75) is 19.4 Å². The molecule has 0 aromatic carbocycles. The maximum Gasteiger partial charge on any atom is 0.177 e. The van der Waals surface area contributed by atoms with Crippen molar-refractivity contribution in [2.24, 2.45) is 0 Å². The minimum absolute atomic E-state index is 0.400. The highest BCUT2D eigenvalue weighted by molar-refractivity contribution is 4.77. The molecule has 1 rings (SSSR count). The highest BCUT2D eigenvalue weighted by Gasteiger charge is 2.01. The fourth-order valence-corrected chi connectivity index (χ4v) is 0.533. The second-order valence-electron chi connectivity index (χ2n) is 1.88. The molecule has 5 heteroatoms. The fourth-order valence-electron chi connectivity index (χ4n) is 0.533. The van der Waals surface area contributed by atoms with Crippen molar-refractivity contribution in [1.29, 1.82) is 0 Å². The van der Waals surface area contributed by atoms with Gasteiger partial charge in [-0.25, -0.2) is 0 Å². The van der Waals surface area contributed by atoms with E-state index in [1.807, 2.05) is 0 Å². The molecule has 9 heavy (non-hydrogen) atoms. The summed E-state index contributed by atoms with van der Waals surface area (Å²) in [6, 6.07) is 0. The first-order valence-electron chi connectivity index (χ1n) is 2.69. The smallest absolute Gasteiger partial charge is 0.177 e. The van der Waals surface area contributed by atoms with Gasteiger partial charge in [0.15, 0.2) is 5.82 Å². The molecular weight excluding hydrogens is 120 g/mol. The van der Waals surface area contributed by atoms with E-state index in [-0.39, 0.29) is 0 Å². The quantitative estimate of drug-likeness (QED) is 0.542. The Labute approximate surface area is 52.1 Å². The molecule has 0 fully saturated rings. The topological polar surface area (TPSA) is 74.7 Å². The van der Waals surface area contributed by atoms with Gasteiger partial charge in [0.05, 0.1) is 6.10 Å². The van der Waals surface area contributed by atoms with E-state index in [1.54, 1.807) is 6.92 Å². The molecule has 0 spiro atoms. The van der Waals surface area contributed by atoms with Gasteiger partial charge in [-0.3, -0.25) is 0 Å². The van der Waals surface area contributed by atoms with E-state index in [9.17, 15) is 0 Å². The zero-order valence-electron chi connectivity index (χ0n) is 5.07. The molecule has 0 saturated carbocycles. The standard InChI is InChI=1S/C4H8N4O/c1-3(9)2-4-5-7-8-6-4/h3,9H,2H2,1H3,(H,5,6,7,8)/t3-/m0/s1. The molecule has 0 saturated heterocycles. The average Bonchev–Trinajstić information content (AvgIpc) is 2.15. The van der Waals surface area contributed by atoms with E-state index < -0.39 is 6.10 Å². The third-order valence-electron chi connectivity index (χ3n) is 0.867. The third-order valence-corrected chi connectivity index (χ3v) is 0.867. The Morgan fingerprint density at radius 1 is 1.78 bits per heavy atom. The summed E-state index contributed by atoms with van der Waals surface area (Å²) in [7, 11) is 0. The number of nitrogens with zero attached hydrogens (tertiary/aromatic N) is 3. The Morgan fingerprint density at radius 3 is 3.00 bits per heavy atom. The minimum atomic E-state index is -0.400. The molecule has 0 aliphatic carbocycles. The van der Waals surface area contributed by atoms with Gasteiger partial charge >= 0.3 is 0 Å². The number of aromatic nitrogens is 4. The van der Waals surface area contributed by atoms with Crippen molar-refractivity contribution in [3.63, 3.8) is 0 Å². The average molecular weight is 128 g/mol. The van der Waals surface area contributed by atoms with E-state index in [2.05, 4.69) is 20.6 Å². The van der Waals surface area contributed by atoms with Crippen LogP contribution < -0.4 is 0 Å². The van der Waals surface area contributed by atoms with Crippen LogP contribution in [0.4, 0.5) is 0 Å². The Balaban J connectivity index is 2.48. The van der Waals surface area contributed by atoms with Crippen LogP contribution >= 0.6 is 0 Å². The molecule has 50 valence electrons. The number of rotatable bonds is 2. The normalized spacial score (nSPS) is 13.6. The van der Waals surface area contributed by atoms with Crippen LogP contribution in [0.3, 0.4) is 0 Å². The van der Waals surface area contributed by atoms with Crippen molar-refractivity contribution in [3.8, 4) is 0 Å². The monoisotopic (exact) mass is 128 g/mol. The Morgan fingerprint density at radius 2 is 2.56 bits per heavy atom. The third kappa shape index (κ3) is 1.77. The number of tetrazole rings is 1. The molecule has 0 unspecified atom stereocenters. The van der Waals surface area contributed by atoms with Gasteiger partial charge in [0, 0.05) is 6.42 Å². The maximum atomic E-state index is 8.80. The van der Waals surface area contributed by atoms with Crippen molar-refractivity contribution >= 4 is 0 Å². The summed E-state index contributed by atoms with van der Waals surface area (Å²) in [6.45, 7) is 1.68. The predicted molar refractivity (Wildman–Crippen MR) is 29.6 cm³/mol. The van der Waals surface area contributed by atoms with Crippen LogP contribution in [0.5, 0.6) is 0 Å². The van der Waals surface area contributed by atoms with Gasteiger partial charge in [0.1, 0.15) is 0 Å². The number of H-pyrrole nitrogens is 1. The summed E-state index contributed by atoms with van der Waals surface area (Å²) < 4.78 is 0. The number of hydrogen-bond donors (Lipinski definition) is 2. The van der Waals surface area contributed by atoms with E-state index in [0.29, 0.717) is 12.2 Å². The molecule has 1 atom stereocenters. The lowest BCUT2D eigenvalue weighted by molar-refractivity contribution is 0.193. The van der Waals surface area contributed by atoms with Crippen molar-refractivity contribution in [1.82, 2.24) is 20.6 Å². The second kappa shape index (κ2) is 2.54. The summed E-state index contributed by atoms with van der Waals surface area (Å²) in [5.41, 5.74) is 0. The largest absolute Gasteiger partial charge is 0.393 e. The lowest BCUT2D eigenvalue weighted by Gasteiger charge is -1.94. The van der Waals surface area contributed by atoms with E-state index in [0.717, 1.165) is 0 Å². The van der Waals surface area contributed by atoms with Crippen LogP contribution in [0.2, 0.25) is 0 Å². The molecule has 0 bridgehead atoms. The molecule has 1 aromatic rings. The number of aliphatic hydroxyl groups excluding tert-OH is 1. The predicted octanol–water partition coefficient (Wildman–Crippen LogP) is -0.877. The lowest BCUT2D eigenvalue weighted by Crippen LogP contribution is -2.05. The highest BCUT2D eigenvalue weighted by Crippen LogP contribution is 1.90. The first-order valence-corrected chi connectivity index (χ1v) is 2.69. The summed E-state index contributed by atoms with van der Waals surface area (Å²) in [6.07, 6.45) is 0.0545. The van der Waals surface area contributed by atoms with Crippen LogP contribution in [0.1, 0.15) is 12.7 Å². The van der Waals surface area contributed by atoms with Crippen LogP contribution in [0.15, 0.2) is 0 Å². The molecular formula is C4H8N4O. The lowest BCUT2D eigenvalue weighted by atomic mass is 10.3. The van der Waals surface area contributed by atoms with Crippen molar-refractivity contribution < 1.29 is 5.11 Å². The van der Waals surface area contributed by atoms with Crippen molar-refractivity contribution in [3.05, 3.63) is 5.82 Å². The Bertz CT molecular complexity index is 159. The van der Waals surface area contributed by atoms with Gasteiger partial charge in [-0.05, 0) is 6.92 Å². The Hall–Kier alpha value is -0.970. The number of nitrogens with one attached hydrogen (secondary N) is 1. The van der Waals surface area contributed by atoms with Gasteiger partial charge in [0.25, 0.3) is 0 Å². The van der Waals surface area contributed by atoms with Crippen LogP contribution in [-0.2, 0) is 6.42 Å².